The fourth-order valence-corrected chi connectivity index (χ4v) is 2.32. The second-order valence-electron chi connectivity index (χ2n) is 4.86. The summed E-state index contributed by atoms with van der Waals surface area (Å²) in [4.78, 5) is 11.4. The van der Waals surface area contributed by atoms with Gasteiger partial charge < -0.3 is 14.5 Å². The summed E-state index contributed by atoms with van der Waals surface area (Å²) in [6.07, 6.45) is 0. The van der Waals surface area contributed by atoms with Crippen LogP contribution >= 0.6 is 11.6 Å². The van der Waals surface area contributed by atoms with E-state index < -0.39 is 5.97 Å². The maximum Gasteiger partial charge on any atom is 0.373 e. The van der Waals surface area contributed by atoms with Crippen molar-refractivity contribution in [1.82, 2.24) is 5.32 Å². The molecule has 2 aromatic rings. The van der Waals surface area contributed by atoms with Crippen LogP contribution in [0.15, 0.2) is 40.8 Å². The average Bonchev–Trinajstić information content (AvgIpc) is 2.96. The van der Waals surface area contributed by atoms with Crippen molar-refractivity contribution in [3.63, 3.8) is 0 Å². The molecule has 0 amide bonds. The van der Waals surface area contributed by atoms with Crippen LogP contribution in [0, 0.1) is 0 Å². The Labute approximate surface area is 129 Å². The third kappa shape index (κ3) is 3.86. The molecule has 0 radical (unpaired) electrons. The molecule has 21 heavy (non-hydrogen) atoms. The minimum absolute atomic E-state index is 0.0441. The summed E-state index contributed by atoms with van der Waals surface area (Å²) in [5.74, 6) is 0.414. The summed E-state index contributed by atoms with van der Waals surface area (Å²) in [5, 5.41) is 4.11. The number of carbonyl (C=O) groups is 1. The van der Waals surface area contributed by atoms with Gasteiger partial charge in [0.15, 0.2) is 0 Å². The van der Waals surface area contributed by atoms with Gasteiger partial charge in [0.25, 0.3) is 0 Å². The van der Waals surface area contributed by atoms with Gasteiger partial charge in [-0.25, -0.2) is 4.79 Å². The van der Waals surface area contributed by atoms with E-state index in [1.165, 1.54) is 7.11 Å². The van der Waals surface area contributed by atoms with Crippen LogP contribution < -0.4 is 5.32 Å². The minimum Gasteiger partial charge on any atom is -0.463 e. The maximum absolute atomic E-state index is 11.4. The molecule has 1 aromatic carbocycles. The summed E-state index contributed by atoms with van der Waals surface area (Å²) in [6.45, 7) is 4.02. The third-order valence-electron chi connectivity index (χ3n) is 3.29. The molecule has 0 aliphatic rings. The van der Waals surface area contributed by atoms with Crippen molar-refractivity contribution in [3.8, 4) is 0 Å². The number of ether oxygens (including phenoxy) is 1. The average molecular weight is 308 g/mol. The molecular formula is C16H18ClNO3. The van der Waals surface area contributed by atoms with Gasteiger partial charge in [-0.2, -0.15) is 0 Å². The van der Waals surface area contributed by atoms with Crippen molar-refractivity contribution in [3.05, 3.63) is 58.5 Å². The Morgan fingerprint density at radius 1 is 1.24 bits per heavy atom. The fourth-order valence-electron chi connectivity index (χ4n) is 2.13. The number of esters is 1. The lowest BCUT2D eigenvalue weighted by Gasteiger charge is -2.19. The summed E-state index contributed by atoms with van der Waals surface area (Å²) in [7, 11) is 1.33. The normalized spacial score (nSPS) is 13.7. The van der Waals surface area contributed by atoms with Gasteiger partial charge in [-0.15, -0.1) is 0 Å². The Hall–Kier alpha value is -1.78. The zero-order chi connectivity index (χ0) is 15.4. The van der Waals surface area contributed by atoms with E-state index in [2.05, 4.69) is 10.1 Å². The number of nitrogens with one attached hydrogen (secondary N) is 1. The van der Waals surface area contributed by atoms with Crippen LogP contribution in [0.25, 0.3) is 0 Å². The summed E-state index contributed by atoms with van der Waals surface area (Å²) in [6, 6.07) is 11.1. The number of hydrogen-bond donors (Lipinski definition) is 1. The lowest BCUT2D eigenvalue weighted by molar-refractivity contribution is 0.0562. The first-order chi connectivity index (χ1) is 10.0. The molecule has 0 aliphatic carbocycles. The fraction of sp³-hybridized carbons (Fsp3) is 0.312. The second kappa shape index (κ2) is 6.78. The second-order valence-corrected chi connectivity index (χ2v) is 5.30. The van der Waals surface area contributed by atoms with Crippen LogP contribution in [-0.4, -0.2) is 13.1 Å². The molecule has 0 saturated heterocycles. The van der Waals surface area contributed by atoms with Crippen LogP contribution in [0.2, 0.25) is 5.02 Å². The van der Waals surface area contributed by atoms with E-state index in [0.29, 0.717) is 10.8 Å². The number of benzene rings is 1. The number of halogens is 1. The predicted octanol–water partition coefficient (Wildman–Crippen LogP) is 4.13. The van der Waals surface area contributed by atoms with Crippen molar-refractivity contribution >= 4 is 17.6 Å². The maximum atomic E-state index is 11.4. The van der Waals surface area contributed by atoms with Gasteiger partial charge in [-0.3, -0.25) is 0 Å². The molecule has 0 fully saturated rings. The zero-order valence-electron chi connectivity index (χ0n) is 12.2. The van der Waals surface area contributed by atoms with E-state index in [1.54, 1.807) is 12.1 Å². The number of rotatable bonds is 5. The molecule has 2 atom stereocenters. The molecular weight excluding hydrogens is 290 g/mol. The lowest BCUT2D eigenvalue weighted by atomic mass is 10.1. The van der Waals surface area contributed by atoms with Crippen LogP contribution in [0.4, 0.5) is 0 Å². The van der Waals surface area contributed by atoms with Crippen LogP contribution in [0.5, 0.6) is 0 Å². The van der Waals surface area contributed by atoms with Gasteiger partial charge in [0.1, 0.15) is 5.76 Å². The van der Waals surface area contributed by atoms with E-state index in [4.69, 9.17) is 16.0 Å². The molecule has 4 nitrogen and oxygen atoms in total. The molecule has 0 aliphatic heterocycles. The first-order valence-electron chi connectivity index (χ1n) is 6.71. The highest BCUT2D eigenvalue weighted by atomic mass is 35.5. The zero-order valence-corrected chi connectivity index (χ0v) is 13.0. The van der Waals surface area contributed by atoms with E-state index in [9.17, 15) is 4.79 Å². The van der Waals surface area contributed by atoms with Gasteiger partial charge in [0.2, 0.25) is 5.76 Å². The van der Waals surface area contributed by atoms with Crippen molar-refractivity contribution in [2.45, 2.75) is 25.9 Å². The smallest absolute Gasteiger partial charge is 0.373 e. The predicted molar refractivity (Wildman–Crippen MR) is 81.5 cm³/mol. The summed E-state index contributed by atoms with van der Waals surface area (Å²) >= 11 is 6.00. The van der Waals surface area contributed by atoms with Gasteiger partial charge in [-0.05, 0) is 43.7 Å². The molecule has 1 N–H and O–H groups in total. The largest absolute Gasteiger partial charge is 0.463 e. The van der Waals surface area contributed by atoms with Gasteiger partial charge in [-0.1, -0.05) is 23.7 Å². The van der Waals surface area contributed by atoms with E-state index in [1.807, 2.05) is 38.1 Å². The van der Waals surface area contributed by atoms with Gasteiger partial charge in [0, 0.05) is 11.1 Å². The summed E-state index contributed by atoms with van der Waals surface area (Å²) in [5.41, 5.74) is 1.09. The number of furan rings is 1. The van der Waals surface area contributed by atoms with E-state index in [0.717, 1.165) is 5.56 Å². The number of carbonyl (C=O) groups excluding carboxylic acids is 1. The van der Waals surface area contributed by atoms with Crippen molar-refractivity contribution in [2.75, 3.05) is 7.11 Å². The molecule has 5 heteroatoms. The van der Waals surface area contributed by atoms with Crippen molar-refractivity contribution in [1.29, 1.82) is 0 Å². The van der Waals surface area contributed by atoms with E-state index >= 15 is 0 Å². The first-order valence-corrected chi connectivity index (χ1v) is 7.08. The summed E-state index contributed by atoms with van der Waals surface area (Å²) < 4.78 is 10.1. The number of hydrogen-bond acceptors (Lipinski definition) is 4. The first kappa shape index (κ1) is 15.6. The topological polar surface area (TPSA) is 51.5 Å². The molecule has 1 heterocycles. The Bertz CT molecular complexity index is 623. The molecule has 0 bridgehead atoms. The van der Waals surface area contributed by atoms with Gasteiger partial charge >= 0.3 is 5.97 Å². The highest BCUT2D eigenvalue weighted by Crippen LogP contribution is 2.23. The molecule has 0 spiro atoms. The highest BCUT2D eigenvalue weighted by Gasteiger charge is 2.17. The lowest BCUT2D eigenvalue weighted by Crippen LogP contribution is -2.22. The van der Waals surface area contributed by atoms with Gasteiger partial charge in [0.05, 0.1) is 13.2 Å². The van der Waals surface area contributed by atoms with Crippen LogP contribution in [0.1, 0.15) is 47.8 Å². The Balaban J connectivity index is 2.05. The minimum atomic E-state index is -0.476. The third-order valence-corrected chi connectivity index (χ3v) is 3.52. The Morgan fingerprint density at radius 2 is 2.00 bits per heavy atom. The van der Waals surface area contributed by atoms with Crippen molar-refractivity contribution in [2.24, 2.45) is 0 Å². The molecule has 1 aromatic heterocycles. The SMILES string of the molecule is COC(=O)c1ccc(C(C)NC(C)c2cccc(Cl)c2)o1. The highest BCUT2D eigenvalue weighted by molar-refractivity contribution is 6.30. The van der Waals surface area contributed by atoms with E-state index in [-0.39, 0.29) is 17.8 Å². The standard InChI is InChI=1S/C16H18ClNO3/c1-10(12-5-4-6-13(17)9-12)18-11(2)14-7-8-15(21-14)16(19)20-3/h4-11,18H,1-3H3. The molecule has 112 valence electrons. The molecule has 0 saturated carbocycles. The molecule has 2 unspecified atom stereocenters. The quantitative estimate of drug-likeness (QED) is 0.844. The molecule has 2 rings (SSSR count). The van der Waals surface area contributed by atoms with Crippen LogP contribution in [-0.2, 0) is 4.74 Å². The Morgan fingerprint density at radius 3 is 2.67 bits per heavy atom. The van der Waals surface area contributed by atoms with Crippen molar-refractivity contribution < 1.29 is 13.9 Å². The monoisotopic (exact) mass is 307 g/mol. The number of methoxy groups -OCH3 is 1. The van der Waals surface area contributed by atoms with Crippen LogP contribution in [0.3, 0.4) is 0 Å². The Kier molecular flexibility index (Phi) is 5.04.